The highest BCUT2D eigenvalue weighted by atomic mass is 16.4. The van der Waals surface area contributed by atoms with Crippen molar-refractivity contribution in [2.75, 3.05) is 0 Å². The van der Waals surface area contributed by atoms with Gasteiger partial charge < -0.3 is 14.6 Å². The van der Waals surface area contributed by atoms with E-state index in [0.717, 1.165) is 0 Å². The van der Waals surface area contributed by atoms with Gasteiger partial charge in [0.05, 0.1) is 5.56 Å². The summed E-state index contributed by atoms with van der Waals surface area (Å²) in [6.07, 6.45) is 1.55. The number of oxazole rings is 1. The van der Waals surface area contributed by atoms with E-state index in [1.54, 1.807) is 25.3 Å². The molecule has 0 atom stereocenters. The van der Waals surface area contributed by atoms with Gasteiger partial charge in [0.1, 0.15) is 0 Å². The minimum Gasteiger partial charge on any atom is -0.476 e. The number of hydrogen-bond acceptors (Lipinski definition) is 5. The first-order valence-electron chi connectivity index (χ1n) is 4.90. The van der Waals surface area contributed by atoms with Crippen LogP contribution in [0.1, 0.15) is 26.7 Å². The predicted molar refractivity (Wildman–Crippen MR) is 58.4 cm³/mol. The second-order valence-corrected chi connectivity index (χ2v) is 3.44. The van der Waals surface area contributed by atoms with E-state index in [4.69, 9.17) is 14.6 Å². The normalized spacial score (nSPS) is 10.3. The summed E-state index contributed by atoms with van der Waals surface area (Å²) in [6, 6.07) is 3.23. The number of aromatic carboxylic acids is 2. The minimum absolute atomic E-state index is 0.0737. The molecule has 0 spiro atoms. The molecule has 0 amide bonds. The molecular weight excluding hydrogens is 240 g/mol. The van der Waals surface area contributed by atoms with Crippen molar-refractivity contribution in [3.8, 4) is 11.5 Å². The predicted octanol–water partition coefficient (Wildman–Crippen LogP) is 1.44. The summed E-state index contributed by atoms with van der Waals surface area (Å²) in [6.45, 7) is 1.68. The Bertz CT molecular complexity index is 601. The topological polar surface area (TPSA) is 114 Å². The van der Waals surface area contributed by atoms with Crippen LogP contribution in [-0.4, -0.2) is 32.1 Å². The number of aryl methyl sites for hydroxylation is 1. The molecule has 92 valence electrons. The fraction of sp³-hybridized carbons (Fsp3) is 0.0909. The maximum atomic E-state index is 10.9. The number of nitrogens with zero attached hydrogens (tertiary/aromatic N) is 2. The number of pyridine rings is 1. The molecule has 18 heavy (non-hydrogen) atoms. The van der Waals surface area contributed by atoms with E-state index in [1.807, 2.05) is 0 Å². The highest BCUT2D eigenvalue weighted by Gasteiger charge is 2.25. The molecule has 2 N–H and O–H groups in total. The highest BCUT2D eigenvalue weighted by molar-refractivity contribution is 5.98. The molecule has 0 aliphatic rings. The van der Waals surface area contributed by atoms with Crippen molar-refractivity contribution in [1.29, 1.82) is 0 Å². The quantitative estimate of drug-likeness (QED) is 0.844. The number of carbonyl (C=O) groups is 2. The molecule has 2 rings (SSSR count). The first-order valence-corrected chi connectivity index (χ1v) is 4.90. The monoisotopic (exact) mass is 248 g/mol. The van der Waals surface area contributed by atoms with Gasteiger partial charge >= 0.3 is 11.9 Å². The van der Waals surface area contributed by atoms with Crippen LogP contribution in [0.2, 0.25) is 0 Å². The Hall–Kier alpha value is -2.70. The minimum atomic E-state index is -1.48. The van der Waals surface area contributed by atoms with Crippen LogP contribution in [0.3, 0.4) is 0 Å². The van der Waals surface area contributed by atoms with Crippen LogP contribution < -0.4 is 0 Å². The van der Waals surface area contributed by atoms with Gasteiger partial charge in [-0.15, -0.1) is 0 Å². The van der Waals surface area contributed by atoms with Crippen molar-refractivity contribution in [2.24, 2.45) is 0 Å². The average Bonchev–Trinajstić information content (AvgIpc) is 2.74. The Kier molecular flexibility index (Phi) is 2.80. The van der Waals surface area contributed by atoms with Crippen molar-refractivity contribution >= 4 is 11.9 Å². The van der Waals surface area contributed by atoms with Crippen molar-refractivity contribution in [3.63, 3.8) is 0 Å². The van der Waals surface area contributed by atoms with E-state index in [1.165, 1.54) is 0 Å². The van der Waals surface area contributed by atoms with Crippen molar-refractivity contribution in [2.45, 2.75) is 6.92 Å². The molecule has 0 aliphatic carbocycles. The van der Waals surface area contributed by atoms with Crippen LogP contribution >= 0.6 is 0 Å². The van der Waals surface area contributed by atoms with E-state index >= 15 is 0 Å². The van der Waals surface area contributed by atoms with Gasteiger partial charge in [-0.05, 0) is 19.1 Å². The van der Waals surface area contributed by atoms with E-state index in [0.29, 0.717) is 11.3 Å². The third-order valence-corrected chi connectivity index (χ3v) is 2.26. The lowest BCUT2D eigenvalue weighted by molar-refractivity contribution is 0.0624. The lowest BCUT2D eigenvalue weighted by Crippen LogP contribution is -2.05. The molecule has 2 heterocycles. The largest absolute Gasteiger partial charge is 0.476 e. The van der Waals surface area contributed by atoms with Crippen molar-refractivity contribution in [1.82, 2.24) is 9.97 Å². The zero-order valence-corrected chi connectivity index (χ0v) is 9.25. The molecule has 7 nitrogen and oxygen atoms in total. The molecule has 7 heteroatoms. The van der Waals surface area contributed by atoms with E-state index in [-0.39, 0.29) is 5.89 Å². The summed E-state index contributed by atoms with van der Waals surface area (Å²) < 4.78 is 4.97. The maximum absolute atomic E-state index is 10.9. The molecular formula is C11H8N2O5. The smallest absolute Gasteiger partial charge is 0.374 e. The van der Waals surface area contributed by atoms with E-state index in [2.05, 4.69) is 9.97 Å². The van der Waals surface area contributed by atoms with Crippen LogP contribution in [0.25, 0.3) is 11.5 Å². The summed E-state index contributed by atoms with van der Waals surface area (Å²) in [4.78, 5) is 29.4. The maximum Gasteiger partial charge on any atom is 0.374 e. The van der Waals surface area contributed by atoms with Gasteiger partial charge in [0.15, 0.2) is 0 Å². The third-order valence-electron chi connectivity index (χ3n) is 2.26. The average molecular weight is 248 g/mol. The standard InChI is InChI=1S/C11H8N2O5/c1-5-6(3-2-4-12-5)9-13-7(10(14)15)8(18-9)11(16)17/h2-4H,1H3,(H,14,15)(H,16,17). The van der Waals surface area contributed by atoms with Gasteiger partial charge in [-0.1, -0.05) is 0 Å². The van der Waals surface area contributed by atoms with Crippen LogP contribution in [0.15, 0.2) is 22.7 Å². The van der Waals surface area contributed by atoms with Crippen LogP contribution in [0, 0.1) is 6.92 Å². The fourth-order valence-electron chi connectivity index (χ4n) is 1.44. The first kappa shape index (κ1) is 11.8. The molecule has 0 aliphatic heterocycles. The van der Waals surface area contributed by atoms with Crippen molar-refractivity contribution < 1.29 is 24.2 Å². The molecule has 0 unspecified atom stereocenters. The third kappa shape index (κ3) is 1.93. The number of aromatic nitrogens is 2. The highest BCUT2D eigenvalue weighted by Crippen LogP contribution is 2.24. The number of rotatable bonds is 3. The zero-order chi connectivity index (χ0) is 13.3. The van der Waals surface area contributed by atoms with Gasteiger partial charge in [0.2, 0.25) is 17.3 Å². The number of carboxylic acid groups (broad SMARTS) is 2. The SMILES string of the molecule is Cc1ncccc1-c1nc(C(=O)O)c(C(=O)O)o1. The van der Waals surface area contributed by atoms with Gasteiger partial charge in [-0.3, -0.25) is 4.98 Å². The van der Waals surface area contributed by atoms with E-state index in [9.17, 15) is 9.59 Å². The molecule has 2 aromatic rings. The lowest BCUT2D eigenvalue weighted by Gasteiger charge is -1.97. The second kappa shape index (κ2) is 4.28. The molecule has 0 saturated carbocycles. The summed E-state index contributed by atoms with van der Waals surface area (Å²) >= 11 is 0. The Balaban J connectivity index is 2.61. The molecule has 2 aromatic heterocycles. The van der Waals surface area contributed by atoms with Crippen LogP contribution in [0.5, 0.6) is 0 Å². The Morgan fingerprint density at radius 3 is 2.50 bits per heavy atom. The molecule has 0 fully saturated rings. The summed E-state index contributed by atoms with van der Waals surface area (Å²) in [5.41, 5.74) is 0.390. The summed E-state index contributed by atoms with van der Waals surface area (Å²) in [5, 5.41) is 17.7. The van der Waals surface area contributed by atoms with E-state index < -0.39 is 23.4 Å². The van der Waals surface area contributed by atoms with Gasteiger partial charge in [0.25, 0.3) is 0 Å². The number of hydrogen-bond donors (Lipinski definition) is 2. The summed E-state index contributed by atoms with van der Waals surface area (Å²) in [7, 11) is 0. The van der Waals surface area contributed by atoms with Crippen molar-refractivity contribution in [3.05, 3.63) is 35.5 Å². The Labute approximate surface area is 101 Å². The van der Waals surface area contributed by atoms with Crippen LogP contribution in [-0.2, 0) is 0 Å². The van der Waals surface area contributed by atoms with Gasteiger partial charge in [-0.25, -0.2) is 14.6 Å². The van der Waals surface area contributed by atoms with Gasteiger partial charge in [-0.2, -0.15) is 0 Å². The summed E-state index contributed by atoms with van der Waals surface area (Å²) in [5.74, 6) is -3.70. The molecule has 0 saturated heterocycles. The fourth-order valence-corrected chi connectivity index (χ4v) is 1.44. The molecule has 0 aromatic carbocycles. The second-order valence-electron chi connectivity index (χ2n) is 3.44. The van der Waals surface area contributed by atoms with Crippen LogP contribution in [0.4, 0.5) is 0 Å². The zero-order valence-electron chi connectivity index (χ0n) is 9.25. The molecule has 0 radical (unpaired) electrons. The Morgan fingerprint density at radius 1 is 1.28 bits per heavy atom. The number of carboxylic acids is 2. The van der Waals surface area contributed by atoms with Gasteiger partial charge in [0, 0.05) is 11.9 Å². The lowest BCUT2D eigenvalue weighted by atomic mass is 10.2. The first-order chi connectivity index (χ1) is 8.50. The molecule has 0 bridgehead atoms. The Morgan fingerprint density at radius 2 is 2.00 bits per heavy atom.